The lowest BCUT2D eigenvalue weighted by Crippen LogP contribution is -2.43. The van der Waals surface area contributed by atoms with Crippen LogP contribution in [0.15, 0.2) is 28.7 Å². The summed E-state index contributed by atoms with van der Waals surface area (Å²) in [4.78, 5) is 12.0. The first-order chi connectivity index (χ1) is 8.01. The highest BCUT2D eigenvalue weighted by molar-refractivity contribution is 9.10. The van der Waals surface area contributed by atoms with E-state index in [9.17, 15) is 4.79 Å². The fraction of sp³-hybridized carbons (Fsp3) is 0.462. The summed E-state index contributed by atoms with van der Waals surface area (Å²) in [6.45, 7) is 4.79. The summed E-state index contributed by atoms with van der Waals surface area (Å²) < 4.78 is 1.04. The summed E-state index contributed by atoms with van der Waals surface area (Å²) in [5, 5.41) is 2.93. The molecule has 1 aromatic carbocycles. The average Bonchev–Trinajstić information content (AvgIpc) is 2.36. The van der Waals surface area contributed by atoms with E-state index in [0.717, 1.165) is 16.5 Å². The van der Waals surface area contributed by atoms with Crippen LogP contribution in [0.4, 0.5) is 0 Å². The summed E-state index contributed by atoms with van der Waals surface area (Å²) in [7, 11) is 0. The first-order valence-corrected chi connectivity index (χ1v) is 6.54. The van der Waals surface area contributed by atoms with Crippen molar-refractivity contribution >= 4 is 21.8 Å². The lowest BCUT2D eigenvalue weighted by atomic mass is 9.86. The minimum Gasteiger partial charge on any atom is -0.352 e. The zero-order valence-electron chi connectivity index (χ0n) is 10.3. The fourth-order valence-corrected chi connectivity index (χ4v) is 1.66. The van der Waals surface area contributed by atoms with E-state index in [1.807, 2.05) is 38.1 Å². The molecular formula is C13H19BrN2O. The average molecular weight is 299 g/mol. The van der Waals surface area contributed by atoms with Crippen LogP contribution < -0.4 is 11.1 Å². The van der Waals surface area contributed by atoms with Gasteiger partial charge in [-0.25, -0.2) is 0 Å². The third-order valence-electron chi connectivity index (χ3n) is 3.15. The summed E-state index contributed by atoms with van der Waals surface area (Å²) in [5.41, 5.74) is 6.26. The van der Waals surface area contributed by atoms with Crippen LogP contribution >= 0.6 is 15.9 Å². The van der Waals surface area contributed by atoms with Crippen LogP contribution in [0, 0.1) is 5.41 Å². The number of carbonyl (C=O) groups excluding carboxylic acids is 1. The Morgan fingerprint density at radius 1 is 1.41 bits per heavy atom. The van der Waals surface area contributed by atoms with E-state index in [2.05, 4.69) is 21.2 Å². The molecule has 0 aromatic heterocycles. The SMILES string of the molecule is CCC(C)(CN)C(=O)NCc1ccc(Br)cc1. The summed E-state index contributed by atoms with van der Waals surface area (Å²) in [5.74, 6) is 0.0189. The highest BCUT2D eigenvalue weighted by Gasteiger charge is 2.29. The summed E-state index contributed by atoms with van der Waals surface area (Å²) >= 11 is 3.38. The lowest BCUT2D eigenvalue weighted by Gasteiger charge is -2.24. The zero-order valence-corrected chi connectivity index (χ0v) is 11.9. The van der Waals surface area contributed by atoms with Gasteiger partial charge >= 0.3 is 0 Å². The maximum absolute atomic E-state index is 12.0. The molecule has 4 heteroatoms. The van der Waals surface area contributed by atoms with Gasteiger partial charge in [0.05, 0.1) is 5.41 Å². The highest BCUT2D eigenvalue weighted by atomic mass is 79.9. The van der Waals surface area contributed by atoms with Crippen LogP contribution in [0.2, 0.25) is 0 Å². The molecule has 1 atom stereocenters. The minimum atomic E-state index is -0.463. The van der Waals surface area contributed by atoms with Gasteiger partial charge in [0.15, 0.2) is 0 Å². The number of benzene rings is 1. The van der Waals surface area contributed by atoms with Gasteiger partial charge < -0.3 is 11.1 Å². The van der Waals surface area contributed by atoms with E-state index in [-0.39, 0.29) is 5.91 Å². The molecule has 0 heterocycles. The Hall–Kier alpha value is -0.870. The van der Waals surface area contributed by atoms with Crippen molar-refractivity contribution in [2.45, 2.75) is 26.8 Å². The van der Waals surface area contributed by atoms with Crippen LogP contribution in [0.5, 0.6) is 0 Å². The number of halogens is 1. The molecule has 0 bridgehead atoms. The number of amides is 1. The van der Waals surface area contributed by atoms with Crippen molar-refractivity contribution < 1.29 is 4.79 Å². The Morgan fingerprint density at radius 2 is 2.00 bits per heavy atom. The van der Waals surface area contributed by atoms with Crippen molar-refractivity contribution in [2.24, 2.45) is 11.1 Å². The molecule has 0 radical (unpaired) electrons. The van der Waals surface area contributed by atoms with Crippen molar-refractivity contribution in [3.05, 3.63) is 34.3 Å². The third kappa shape index (κ3) is 3.82. The van der Waals surface area contributed by atoms with Crippen LogP contribution in [0.1, 0.15) is 25.8 Å². The van der Waals surface area contributed by atoms with Gasteiger partial charge in [0.25, 0.3) is 0 Å². The number of hydrogen-bond donors (Lipinski definition) is 2. The topological polar surface area (TPSA) is 55.1 Å². The summed E-state index contributed by atoms with van der Waals surface area (Å²) in [6.07, 6.45) is 0.746. The third-order valence-corrected chi connectivity index (χ3v) is 3.67. The Balaban J connectivity index is 2.56. The second-order valence-corrected chi connectivity index (χ2v) is 5.34. The molecule has 0 aliphatic heterocycles. The van der Waals surface area contributed by atoms with E-state index in [1.165, 1.54) is 0 Å². The number of carbonyl (C=O) groups is 1. The number of nitrogens with one attached hydrogen (secondary N) is 1. The van der Waals surface area contributed by atoms with Gasteiger partial charge in [0.2, 0.25) is 5.91 Å². The summed E-state index contributed by atoms with van der Waals surface area (Å²) in [6, 6.07) is 7.89. The molecule has 1 rings (SSSR count). The van der Waals surface area contributed by atoms with Crippen molar-refractivity contribution in [3.8, 4) is 0 Å². The van der Waals surface area contributed by atoms with Crippen molar-refractivity contribution in [2.75, 3.05) is 6.54 Å². The molecule has 0 saturated carbocycles. The number of nitrogens with two attached hydrogens (primary N) is 1. The molecule has 1 aromatic rings. The molecule has 0 aliphatic rings. The normalized spacial score (nSPS) is 14.1. The van der Waals surface area contributed by atoms with Gasteiger partial charge in [-0.15, -0.1) is 0 Å². The quantitative estimate of drug-likeness (QED) is 0.877. The maximum Gasteiger partial charge on any atom is 0.227 e. The standard InChI is InChI=1S/C13H19BrN2O/c1-3-13(2,9-15)12(17)16-8-10-4-6-11(14)7-5-10/h4-7H,3,8-9,15H2,1-2H3,(H,16,17). The Bertz CT molecular complexity index is 372. The zero-order chi connectivity index (χ0) is 12.9. The van der Waals surface area contributed by atoms with Gasteiger partial charge in [-0.2, -0.15) is 0 Å². The van der Waals surface area contributed by atoms with Gasteiger partial charge in [-0.3, -0.25) is 4.79 Å². The predicted octanol–water partition coefficient (Wildman–Crippen LogP) is 2.44. The molecule has 1 amide bonds. The van der Waals surface area contributed by atoms with Crippen LogP contribution in [0.3, 0.4) is 0 Å². The monoisotopic (exact) mass is 298 g/mol. The van der Waals surface area contributed by atoms with E-state index in [0.29, 0.717) is 13.1 Å². The number of hydrogen-bond acceptors (Lipinski definition) is 2. The molecule has 1 unspecified atom stereocenters. The molecule has 0 spiro atoms. The van der Waals surface area contributed by atoms with Gasteiger partial charge in [0.1, 0.15) is 0 Å². The minimum absolute atomic E-state index is 0.0189. The smallest absolute Gasteiger partial charge is 0.227 e. The maximum atomic E-state index is 12.0. The predicted molar refractivity (Wildman–Crippen MR) is 73.4 cm³/mol. The Kier molecular flexibility index (Phi) is 5.15. The lowest BCUT2D eigenvalue weighted by molar-refractivity contribution is -0.130. The van der Waals surface area contributed by atoms with Gasteiger partial charge in [0, 0.05) is 17.6 Å². The van der Waals surface area contributed by atoms with E-state index >= 15 is 0 Å². The molecule has 94 valence electrons. The van der Waals surface area contributed by atoms with Gasteiger partial charge in [-0.05, 0) is 31.0 Å². The Morgan fingerprint density at radius 3 is 2.47 bits per heavy atom. The molecule has 17 heavy (non-hydrogen) atoms. The first-order valence-electron chi connectivity index (χ1n) is 5.74. The number of rotatable bonds is 5. The van der Waals surface area contributed by atoms with Crippen molar-refractivity contribution in [1.82, 2.24) is 5.32 Å². The second kappa shape index (κ2) is 6.17. The largest absolute Gasteiger partial charge is 0.352 e. The first kappa shape index (κ1) is 14.2. The molecule has 0 aliphatic carbocycles. The molecule has 0 saturated heterocycles. The molecule has 3 N–H and O–H groups in total. The van der Waals surface area contributed by atoms with Crippen LogP contribution in [-0.2, 0) is 11.3 Å². The van der Waals surface area contributed by atoms with Crippen LogP contribution in [-0.4, -0.2) is 12.5 Å². The van der Waals surface area contributed by atoms with E-state index < -0.39 is 5.41 Å². The molecular weight excluding hydrogens is 280 g/mol. The fourth-order valence-electron chi connectivity index (χ4n) is 1.40. The van der Waals surface area contributed by atoms with Gasteiger partial charge in [-0.1, -0.05) is 35.0 Å². The molecule has 0 fully saturated rings. The highest BCUT2D eigenvalue weighted by Crippen LogP contribution is 2.19. The van der Waals surface area contributed by atoms with Crippen molar-refractivity contribution in [1.29, 1.82) is 0 Å². The molecule has 3 nitrogen and oxygen atoms in total. The second-order valence-electron chi connectivity index (χ2n) is 4.43. The van der Waals surface area contributed by atoms with Crippen LogP contribution in [0.25, 0.3) is 0 Å². The van der Waals surface area contributed by atoms with E-state index in [4.69, 9.17) is 5.73 Å². The Labute approximate surface area is 111 Å². The van der Waals surface area contributed by atoms with Crippen molar-refractivity contribution in [3.63, 3.8) is 0 Å². The van der Waals surface area contributed by atoms with E-state index in [1.54, 1.807) is 0 Å².